The fourth-order valence-electron chi connectivity index (χ4n) is 1.78. The van der Waals surface area contributed by atoms with Gasteiger partial charge in [-0.1, -0.05) is 19.0 Å². The Morgan fingerprint density at radius 1 is 1.32 bits per heavy atom. The molecule has 0 aliphatic carbocycles. The van der Waals surface area contributed by atoms with Crippen LogP contribution in [0.25, 0.3) is 0 Å². The first kappa shape index (κ1) is 13.3. The van der Waals surface area contributed by atoms with Crippen LogP contribution in [0.1, 0.15) is 41.6 Å². The van der Waals surface area contributed by atoms with E-state index in [0.717, 1.165) is 0 Å². The standard InChI is InChI=1S/C14H15FN2O2/c1-8(2)13-12(9(3)17-19-13)14(18)16-11-6-4-10(15)5-7-11/h4-8H,1-3H3,(H,16,18). The molecule has 1 aromatic carbocycles. The number of hydrogen-bond acceptors (Lipinski definition) is 3. The first-order valence-corrected chi connectivity index (χ1v) is 6.02. The zero-order valence-corrected chi connectivity index (χ0v) is 11.0. The molecule has 0 unspecified atom stereocenters. The Morgan fingerprint density at radius 3 is 2.53 bits per heavy atom. The van der Waals surface area contributed by atoms with Crippen LogP contribution in [-0.4, -0.2) is 11.1 Å². The summed E-state index contributed by atoms with van der Waals surface area (Å²) in [5.74, 6) is -0.0247. The smallest absolute Gasteiger partial charge is 0.261 e. The number of aromatic nitrogens is 1. The molecule has 0 fully saturated rings. The zero-order chi connectivity index (χ0) is 14.0. The van der Waals surface area contributed by atoms with Gasteiger partial charge in [-0.15, -0.1) is 0 Å². The van der Waals surface area contributed by atoms with Crippen LogP contribution in [0.5, 0.6) is 0 Å². The molecule has 0 atom stereocenters. The molecule has 0 spiro atoms. The number of halogens is 1. The molecule has 1 N–H and O–H groups in total. The molecule has 0 aliphatic heterocycles. The summed E-state index contributed by atoms with van der Waals surface area (Å²) in [5.41, 5.74) is 1.52. The van der Waals surface area contributed by atoms with Gasteiger partial charge in [0.15, 0.2) is 5.76 Å². The van der Waals surface area contributed by atoms with Crippen LogP contribution < -0.4 is 5.32 Å². The maximum Gasteiger partial charge on any atom is 0.261 e. The molecular formula is C14H15FN2O2. The molecule has 0 bridgehead atoms. The quantitative estimate of drug-likeness (QED) is 0.921. The second-order valence-electron chi connectivity index (χ2n) is 4.62. The van der Waals surface area contributed by atoms with Gasteiger partial charge in [0.1, 0.15) is 11.4 Å². The minimum absolute atomic E-state index is 0.0650. The predicted octanol–water partition coefficient (Wildman–Crippen LogP) is 3.50. The normalized spacial score (nSPS) is 10.8. The van der Waals surface area contributed by atoms with E-state index in [1.165, 1.54) is 24.3 Å². The summed E-state index contributed by atoms with van der Waals surface area (Å²) in [6.07, 6.45) is 0. The third-order valence-corrected chi connectivity index (χ3v) is 2.74. The van der Waals surface area contributed by atoms with Crippen molar-refractivity contribution in [1.82, 2.24) is 5.16 Å². The van der Waals surface area contributed by atoms with Crippen molar-refractivity contribution in [3.63, 3.8) is 0 Å². The molecule has 19 heavy (non-hydrogen) atoms. The van der Waals surface area contributed by atoms with E-state index in [4.69, 9.17) is 4.52 Å². The zero-order valence-electron chi connectivity index (χ0n) is 11.0. The van der Waals surface area contributed by atoms with Crippen LogP contribution in [0.3, 0.4) is 0 Å². The van der Waals surface area contributed by atoms with Gasteiger partial charge in [0.2, 0.25) is 0 Å². The van der Waals surface area contributed by atoms with Gasteiger partial charge in [-0.3, -0.25) is 4.79 Å². The lowest BCUT2D eigenvalue weighted by atomic mass is 10.0. The van der Waals surface area contributed by atoms with E-state index in [9.17, 15) is 9.18 Å². The molecule has 1 aromatic heterocycles. The average Bonchev–Trinajstić information content (AvgIpc) is 2.74. The lowest BCUT2D eigenvalue weighted by Crippen LogP contribution is -2.14. The van der Waals surface area contributed by atoms with Crippen molar-refractivity contribution in [1.29, 1.82) is 0 Å². The highest BCUT2D eigenvalue weighted by atomic mass is 19.1. The fourth-order valence-corrected chi connectivity index (χ4v) is 1.78. The van der Waals surface area contributed by atoms with E-state index < -0.39 is 0 Å². The number of nitrogens with one attached hydrogen (secondary N) is 1. The van der Waals surface area contributed by atoms with Crippen LogP contribution >= 0.6 is 0 Å². The number of hydrogen-bond donors (Lipinski definition) is 1. The second-order valence-corrected chi connectivity index (χ2v) is 4.62. The highest BCUT2D eigenvalue weighted by Gasteiger charge is 2.22. The molecule has 2 aromatic rings. The van der Waals surface area contributed by atoms with Gasteiger partial charge in [-0.05, 0) is 31.2 Å². The van der Waals surface area contributed by atoms with Crippen LogP contribution in [0, 0.1) is 12.7 Å². The average molecular weight is 262 g/mol. The number of amides is 1. The number of rotatable bonds is 3. The summed E-state index contributed by atoms with van der Waals surface area (Å²) in [7, 11) is 0. The van der Waals surface area contributed by atoms with Crippen molar-refractivity contribution in [2.75, 3.05) is 5.32 Å². The first-order valence-electron chi connectivity index (χ1n) is 6.02. The van der Waals surface area contributed by atoms with Gasteiger partial charge >= 0.3 is 0 Å². The number of nitrogens with zero attached hydrogens (tertiary/aromatic N) is 1. The van der Waals surface area contributed by atoms with Crippen molar-refractivity contribution in [2.45, 2.75) is 26.7 Å². The topological polar surface area (TPSA) is 55.1 Å². The van der Waals surface area contributed by atoms with Gasteiger partial charge < -0.3 is 9.84 Å². The highest BCUT2D eigenvalue weighted by molar-refractivity contribution is 6.05. The molecule has 1 amide bonds. The van der Waals surface area contributed by atoms with Crippen molar-refractivity contribution < 1.29 is 13.7 Å². The van der Waals surface area contributed by atoms with E-state index in [2.05, 4.69) is 10.5 Å². The SMILES string of the molecule is Cc1noc(C(C)C)c1C(=O)Nc1ccc(F)cc1. The number of benzene rings is 1. The van der Waals surface area contributed by atoms with Crippen LogP contribution in [0.4, 0.5) is 10.1 Å². The first-order chi connectivity index (χ1) is 8.99. The maximum absolute atomic E-state index is 12.8. The maximum atomic E-state index is 12.8. The molecule has 1 heterocycles. The minimum atomic E-state index is -0.345. The lowest BCUT2D eigenvalue weighted by molar-refractivity contribution is 0.102. The third-order valence-electron chi connectivity index (χ3n) is 2.74. The van der Waals surface area contributed by atoms with Gasteiger partial charge in [0.05, 0.1) is 5.69 Å². The van der Waals surface area contributed by atoms with Gasteiger partial charge in [-0.2, -0.15) is 0 Å². The van der Waals surface area contributed by atoms with Crippen molar-refractivity contribution >= 4 is 11.6 Å². The number of anilines is 1. The van der Waals surface area contributed by atoms with Crippen LogP contribution in [-0.2, 0) is 0 Å². The largest absolute Gasteiger partial charge is 0.360 e. The summed E-state index contributed by atoms with van der Waals surface area (Å²) in [6, 6.07) is 5.59. The van der Waals surface area contributed by atoms with Gasteiger partial charge in [-0.25, -0.2) is 4.39 Å². The predicted molar refractivity (Wildman–Crippen MR) is 69.7 cm³/mol. The summed E-state index contributed by atoms with van der Waals surface area (Å²) < 4.78 is 18.0. The highest BCUT2D eigenvalue weighted by Crippen LogP contribution is 2.23. The van der Waals surface area contributed by atoms with E-state index in [1.54, 1.807) is 6.92 Å². The van der Waals surface area contributed by atoms with Crippen molar-refractivity contribution in [2.24, 2.45) is 0 Å². The second kappa shape index (κ2) is 5.22. The Bertz CT molecular complexity index is 588. The molecular weight excluding hydrogens is 247 g/mol. The van der Waals surface area contributed by atoms with Crippen LogP contribution in [0.2, 0.25) is 0 Å². The Balaban J connectivity index is 2.25. The molecule has 100 valence electrons. The molecule has 2 rings (SSSR count). The van der Waals surface area contributed by atoms with Crippen molar-refractivity contribution in [3.8, 4) is 0 Å². The van der Waals surface area contributed by atoms with Gasteiger partial charge in [0, 0.05) is 11.6 Å². The summed E-state index contributed by atoms with van der Waals surface area (Å²) in [4.78, 5) is 12.2. The summed E-state index contributed by atoms with van der Waals surface area (Å²) in [6.45, 7) is 5.57. The molecule has 0 aliphatic rings. The number of carbonyl (C=O) groups is 1. The lowest BCUT2D eigenvalue weighted by Gasteiger charge is -2.07. The molecule has 4 nitrogen and oxygen atoms in total. The van der Waals surface area contributed by atoms with Gasteiger partial charge in [0.25, 0.3) is 5.91 Å². The summed E-state index contributed by atoms with van der Waals surface area (Å²) >= 11 is 0. The molecule has 0 radical (unpaired) electrons. The van der Waals surface area contributed by atoms with Crippen molar-refractivity contribution in [3.05, 3.63) is 47.1 Å². The van der Waals surface area contributed by atoms with E-state index in [1.807, 2.05) is 13.8 Å². The Hall–Kier alpha value is -2.17. The molecule has 0 saturated heterocycles. The monoisotopic (exact) mass is 262 g/mol. The Morgan fingerprint density at radius 2 is 1.95 bits per heavy atom. The van der Waals surface area contributed by atoms with E-state index in [0.29, 0.717) is 22.7 Å². The Kier molecular flexibility index (Phi) is 3.64. The molecule has 5 heteroatoms. The van der Waals surface area contributed by atoms with E-state index >= 15 is 0 Å². The summed E-state index contributed by atoms with van der Waals surface area (Å²) in [5, 5.41) is 6.52. The number of carbonyl (C=O) groups excluding carboxylic acids is 1. The Labute approximate surface area is 110 Å². The van der Waals surface area contributed by atoms with Crippen LogP contribution in [0.15, 0.2) is 28.8 Å². The minimum Gasteiger partial charge on any atom is -0.360 e. The fraction of sp³-hybridized carbons (Fsp3) is 0.286. The van der Waals surface area contributed by atoms with E-state index in [-0.39, 0.29) is 17.6 Å². The molecule has 0 saturated carbocycles. The number of aryl methyl sites for hydroxylation is 1. The third kappa shape index (κ3) is 2.81.